The summed E-state index contributed by atoms with van der Waals surface area (Å²) in [7, 11) is 0. The van der Waals surface area contributed by atoms with Crippen LogP contribution in [0.25, 0.3) is 0 Å². The number of para-hydroxylation sites is 1. The van der Waals surface area contributed by atoms with Crippen molar-refractivity contribution in [2.75, 3.05) is 24.5 Å². The molecule has 0 spiro atoms. The number of halogens is 1. The highest BCUT2D eigenvalue weighted by atomic mass is 19.1. The minimum atomic E-state index is -1.22. The number of carbonyl (C=O) groups excluding carboxylic acids is 2. The van der Waals surface area contributed by atoms with Gasteiger partial charge in [0.1, 0.15) is 12.4 Å². The highest BCUT2D eigenvalue weighted by Crippen LogP contribution is 2.35. The predicted molar refractivity (Wildman–Crippen MR) is 126 cm³/mol. The molecule has 1 saturated carbocycles. The highest BCUT2D eigenvalue weighted by molar-refractivity contribution is 6.21. The lowest BCUT2D eigenvalue weighted by Crippen LogP contribution is -2.49. The Balaban J connectivity index is 1.53. The van der Waals surface area contributed by atoms with Crippen LogP contribution >= 0.6 is 0 Å². The Morgan fingerprint density at radius 1 is 1.03 bits per heavy atom. The number of aliphatic imine (C=N–C) groups is 1. The molecular formula is C26H29FN4O2. The lowest BCUT2D eigenvalue weighted by atomic mass is 9.84. The van der Waals surface area contributed by atoms with Gasteiger partial charge in [-0.2, -0.15) is 0 Å². The fourth-order valence-electron chi connectivity index (χ4n) is 5.50. The van der Waals surface area contributed by atoms with E-state index in [4.69, 9.17) is 5.73 Å². The van der Waals surface area contributed by atoms with E-state index in [-0.39, 0.29) is 18.0 Å². The molecular weight excluding hydrogens is 419 g/mol. The second-order valence-electron chi connectivity index (χ2n) is 9.48. The number of hydrogen-bond donors (Lipinski definition) is 1. The molecule has 6 rings (SSSR count). The van der Waals surface area contributed by atoms with Crippen molar-refractivity contribution >= 4 is 23.2 Å². The second kappa shape index (κ2) is 8.71. The summed E-state index contributed by atoms with van der Waals surface area (Å²) in [5, 5.41) is 0. The molecule has 2 saturated heterocycles. The molecule has 1 aliphatic carbocycles. The van der Waals surface area contributed by atoms with E-state index in [9.17, 15) is 14.0 Å². The number of nitrogens with zero attached hydrogens (tertiary/aromatic N) is 3. The quantitative estimate of drug-likeness (QED) is 0.783. The molecule has 2 amide bonds. The number of carbonyl (C=O) groups is 2. The lowest BCUT2D eigenvalue weighted by molar-refractivity contribution is -0.132. The maximum absolute atomic E-state index is 14.7. The lowest BCUT2D eigenvalue weighted by Gasteiger charge is -2.29. The largest absolute Gasteiger partial charge is 0.341 e. The standard InChI is InChI=1S/C26H29FN4O2/c1-16-5-4-7-20-23(19-6-2-3-8-21(19)27)29-25(28)26(33)31(24(16)20)15-22(32)30-13-17-9-10-18(14-30)12-11-17/h2-8,17-18,25H,9-15,28H2,1H3/t17?,18?,25-/m0/s1. The summed E-state index contributed by atoms with van der Waals surface area (Å²) in [6, 6.07) is 11.9. The number of hydrogen-bond acceptors (Lipinski definition) is 4. The molecule has 7 heteroatoms. The molecule has 1 atom stereocenters. The van der Waals surface area contributed by atoms with Crippen molar-refractivity contribution < 1.29 is 14.0 Å². The summed E-state index contributed by atoms with van der Waals surface area (Å²) in [4.78, 5) is 34.6. The molecule has 2 N–H and O–H groups in total. The molecule has 3 heterocycles. The molecule has 3 aliphatic heterocycles. The van der Waals surface area contributed by atoms with Gasteiger partial charge in [0, 0.05) is 24.2 Å². The van der Waals surface area contributed by atoms with Gasteiger partial charge in [-0.25, -0.2) is 4.39 Å². The second-order valence-corrected chi connectivity index (χ2v) is 9.48. The van der Waals surface area contributed by atoms with Crippen molar-refractivity contribution in [1.82, 2.24) is 4.90 Å². The van der Waals surface area contributed by atoms with Gasteiger partial charge in [0.05, 0.1) is 11.4 Å². The van der Waals surface area contributed by atoms with Gasteiger partial charge in [0.25, 0.3) is 5.91 Å². The maximum atomic E-state index is 14.7. The summed E-state index contributed by atoms with van der Waals surface area (Å²) >= 11 is 0. The normalized spacial score (nSPS) is 24.8. The van der Waals surface area contributed by atoms with Gasteiger partial charge in [-0.3, -0.25) is 19.5 Å². The molecule has 0 radical (unpaired) electrons. The van der Waals surface area contributed by atoms with Crippen molar-refractivity contribution in [2.24, 2.45) is 22.6 Å². The monoisotopic (exact) mass is 448 g/mol. The van der Waals surface area contributed by atoms with Crippen LogP contribution in [0.3, 0.4) is 0 Å². The molecule has 2 bridgehead atoms. The Hall–Kier alpha value is -3.06. The number of fused-ring (bicyclic) bond motifs is 5. The number of benzodiazepines with no additional fused rings is 1. The van der Waals surface area contributed by atoms with E-state index in [2.05, 4.69) is 4.99 Å². The van der Waals surface area contributed by atoms with Crippen LogP contribution in [-0.2, 0) is 9.59 Å². The molecule has 4 aliphatic rings. The smallest absolute Gasteiger partial charge is 0.266 e. The average Bonchev–Trinajstić information content (AvgIpc) is 3.19. The van der Waals surface area contributed by atoms with Crippen molar-refractivity contribution in [3.63, 3.8) is 0 Å². The van der Waals surface area contributed by atoms with E-state index in [1.165, 1.54) is 36.6 Å². The topological polar surface area (TPSA) is 79.0 Å². The predicted octanol–water partition coefficient (Wildman–Crippen LogP) is 3.25. The first kappa shape index (κ1) is 21.8. The van der Waals surface area contributed by atoms with Crippen molar-refractivity contribution in [1.29, 1.82) is 0 Å². The van der Waals surface area contributed by atoms with Crippen LogP contribution in [0.5, 0.6) is 0 Å². The Kier molecular flexibility index (Phi) is 5.74. The van der Waals surface area contributed by atoms with Crippen LogP contribution in [0.2, 0.25) is 0 Å². The van der Waals surface area contributed by atoms with Crippen molar-refractivity contribution in [3.05, 3.63) is 65.0 Å². The van der Waals surface area contributed by atoms with Gasteiger partial charge in [0.2, 0.25) is 5.91 Å². The van der Waals surface area contributed by atoms with E-state index < -0.39 is 17.9 Å². The molecule has 0 aromatic heterocycles. The molecule has 33 heavy (non-hydrogen) atoms. The molecule has 2 aromatic carbocycles. The van der Waals surface area contributed by atoms with Gasteiger partial charge in [-0.15, -0.1) is 0 Å². The van der Waals surface area contributed by atoms with Crippen LogP contribution in [0.4, 0.5) is 10.1 Å². The Bertz CT molecular complexity index is 1110. The van der Waals surface area contributed by atoms with E-state index in [1.807, 2.05) is 30.0 Å². The molecule has 6 nitrogen and oxygen atoms in total. The third-order valence-electron chi connectivity index (χ3n) is 7.25. The highest BCUT2D eigenvalue weighted by Gasteiger charge is 2.36. The Morgan fingerprint density at radius 2 is 1.67 bits per heavy atom. The third kappa shape index (κ3) is 4.06. The fraction of sp³-hybridized carbons (Fsp3) is 0.423. The maximum Gasteiger partial charge on any atom is 0.266 e. The number of aryl methyl sites for hydroxylation is 1. The van der Waals surface area contributed by atoms with E-state index >= 15 is 0 Å². The number of anilines is 1. The first-order valence-corrected chi connectivity index (χ1v) is 11.7. The van der Waals surface area contributed by atoms with Crippen LogP contribution in [0.1, 0.15) is 42.4 Å². The first-order chi connectivity index (χ1) is 15.9. The number of amides is 2. The SMILES string of the molecule is Cc1cccc2c1N(CC(=O)N1CC3CCC(CC3)C1)C(=O)[C@@H](N)N=C2c1ccccc1F. The molecule has 0 unspecified atom stereocenters. The van der Waals surface area contributed by atoms with E-state index in [0.29, 0.717) is 28.8 Å². The zero-order valence-electron chi connectivity index (χ0n) is 18.8. The summed E-state index contributed by atoms with van der Waals surface area (Å²) in [5.41, 5.74) is 8.78. The first-order valence-electron chi connectivity index (χ1n) is 11.7. The van der Waals surface area contributed by atoms with Gasteiger partial charge in [0.15, 0.2) is 6.17 Å². The number of rotatable bonds is 3. The van der Waals surface area contributed by atoms with Crippen LogP contribution in [0.15, 0.2) is 47.5 Å². The summed E-state index contributed by atoms with van der Waals surface area (Å²) in [6.07, 6.45) is 3.46. The summed E-state index contributed by atoms with van der Waals surface area (Å²) in [5.74, 6) is 0.119. The van der Waals surface area contributed by atoms with Gasteiger partial charge < -0.3 is 10.6 Å². The minimum absolute atomic E-state index is 0.0714. The average molecular weight is 449 g/mol. The zero-order chi connectivity index (χ0) is 23.1. The summed E-state index contributed by atoms with van der Waals surface area (Å²) < 4.78 is 14.7. The van der Waals surface area contributed by atoms with Gasteiger partial charge in [-0.05, 0) is 62.1 Å². The fourth-order valence-corrected chi connectivity index (χ4v) is 5.50. The minimum Gasteiger partial charge on any atom is -0.341 e. The Labute approximate surface area is 193 Å². The third-order valence-corrected chi connectivity index (χ3v) is 7.25. The van der Waals surface area contributed by atoms with Gasteiger partial charge >= 0.3 is 0 Å². The summed E-state index contributed by atoms with van der Waals surface area (Å²) in [6.45, 7) is 3.29. The molecule has 3 fully saturated rings. The van der Waals surface area contributed by atoms with E-state index in [1.54, 1.807) is 18.2 Å². The number of benzene rings is 2. The Morgan fingerprint density at radius 3 is 2.33 bits per heavy atom. The van der Waals surface area contributed by atoms with Crippen LogP contribution in [0, 0.1) is 24.6 Å². The number of nitrogens with two attached hydrogens (primary N) is 1. The van der Waals surface area contributed by atoms with Crippen molar-refractivity contribution in [2.45, 2.75) is 38.8 Å². The van der Waals surface area contributed by atoms with Crippen LogP contribution in [-0.4, -0.2) is 48.2 Å². The van der Waals surface area contributed by atoms with Crippen LogP contribution < -0.4 is 10.6 Å². The van der Waals surface area contributed by atoms with Crippen molar-refractivity contribution in [3.8, 4) is 0 Å². The zero-order valence-corrected chi connectivity index (χ0v) is 18.8. The van der Waals surface area contributed by atoms with E-state index in [0.717, 1.165) is 18.7 Å². The molecule has 172 valence electrons. The molecule has 2 aromatic rings. The van der Waals surface area contributed by atoms with Gasteiger partial charge in [-0.1, -0.05) is 30.3 Å².